The Labute approximate surface area is 151 Å². The number of amides is 1. The largest absolute Gasteiger partial charge is 0.486 e. The number of nitrogens with zero attached hydrogens (tertiary/aromatic N) is 1. The maximum Gasteiger partial charge on any atom is 0.227 e. The molecule has 1 aliphatic heterocycles. The number of ether oxygens (including phenoxy) is 2. The molecular weight excluding hydrogens is 344 g/mol. The van der Waals surface area contributed by atoms with Gasteiger partial charge in [0, 0.05) is 12.1 Å². The van der Waals surface area contributed by atoms with Crippen LogP contribution in [0, 0.1) is 13.8 Å². The number of aromatic nitrogens is 1. The molecule has 2 aromatic rings. The van der Waals surface area contributed by atoms with E-state index in [-0.39, 0.29) is 11.8 Å². The molecule has 7 heteroatoms. The fourth-order valence-electron chi connectivity index (χ4n) is 3.03. The molecule has 6 nitrogen and oxygen atoms in total. The van der Waals surface area contributed by atoms with Gasteiger partial charge in [0.25, 0.3) is 0 Å². The van der Waals surface area contributed by atoms with Crippen LogP contribution in [-0.2, 0) is 11.2 Å². The van der Waals surface area contributed by atoms with Crippen molar-refractivity contribution in [3.05, 3.63) is 39.7 Å². The number of fused-ring (bicyclic) bond motifs is 1. The topological polar surface area (TPSA) is 73.6 Å². The lowest BCUT2D eigenvalue weighted by molar-refractivity contribution is -0.122. The monoisotopic (exact) mass is 364 g/mol. The minimum Gasteiger partial charge on any atom is -0.486 e. The fourth-order valence-corrected chi connectivity index (χ4v) is 3.32. The number of aryl methyl sites for hydroxylation is 2. The molecule has 0 bridgehead atoms. The van der Waals surface area contributed by atoms with Gasteiger partial charge in [-0.25, -0.2) is 0 Å². The summed E-state index contributed by atoms with van der Waals surface area (Å²) >= 11 is 6.23. The van der Waals surface area contributed by atoms with Crippen LogP contribution in [-0.4, -0.2) is 30.8 Å². The Morgan fingerprint density at radius 2 is 2.08 bits per heavy atom. The molecule has 0 unspecified atom stereocenters. The minimum absolute atomic E-state index is 0.0574. The van der Waals surface area contributed by atoms with E-state index < -0.39 is 0 Å². The predicted octanol–water partition coefficient (Wildman–Crippen LogP) is 3.18. The molecule has 0 spiro atoms. The van der Waals surface area contributed by atoms with Gasteiger partial charge < -0.3 is 19.3 Å². The first-order chi connectivity index (χ1) is 12.0. The predicted molar refractivity (Wildman–Crippen MR) is 93.5 cm³/mol. The first-order valence-corrected chi connectivity index (χ1v) is 8.63. The number of nitrogens with one attached hydrogen (secondary N) is 1. The van der Waals surface area contributed by atoms with Gasteiger partial charge in [-0.1, -0.05) is 16.8 Å². The second-order valence-electron chi connectivity index (χ2n) is 6.10. The van der Waals surface area contributed by atoms with Crippen molar-refractivity contribution in [3.63, 3.8) is 0 Å². The fraction of sp³-hybridized carbons (Fsp3) is 0.444. The van der Waals surface area contributed by atoms with Gasteiger partial charge in [-0.05, 0) is 44.9 Å². The van der Waals surface area contributed by atoms with Crippen molar-refractivity contribution in [1.29, 1.82) is 0 Å². The lowest BCUT2D eigenvalue weighted by Crippen LogP contribution is -2.30. The highest BCUT2D eigenvalue weighted by molar-refractivity contribution is 6.32. The third-order valence-corrected chi connectivity index (χ3v) is 4.57. The second kappa shape index (κ2) is 7.35. The van der Waals surface area contributed by atoms with Crippen LogP contribution in [0.5, 0.6) is 11.5 Å². The molecule has 134 valence electrons. The SMILES string of the molecule is Cc1noc(C)c1[C@@H](C)C(=O)NCCc1cc(Cl)c2c(c1)OCCO2. The van der Waals surface area contributed by atoms with Crippen molar-refractivity contribution in [1.82, 2.24) is 10.5 Å². The van der Waals surface area contributed by atoms with Crippen LogP contribution in [0.25, 0.3) is 0 Å². The molecular formula is C18H21ClN2O4. The van der Waals surface area contributed by atoms with E-state index in [1.54, 1.807) is 0 Å². The number of carbonyl (C=O) groups excluding carboxylic acids is 1. The van der Waals surface area contributed by atoms with Gasteiger partial charge in [-0.2, -0.15) is 0 Å². The number of benzene rings is 1. The summed E-state index contributed by atoms with van der Waals surface area (Å²) in [5.41, 5.74) is 2.58. The van der Waals surface area contributed by atoms with Crippen molar-refractivity contribution in [2.24, 2.45) is 0 Å². The summed E-state index contributed by atoms with van der Waals surface area (Å²) in [5.74, 6) is 1.56. The van der Waals surface area contributed by atoms with Crippen LogP contribution in [0.15, 0.2) is 16.7 Å². The van der Waals surface area contributed by atoms with Gasteiger partial charge in [0.05, 0.1) is 16.6 Å². The van der Waals surface area contributed by atoms with E-state index in [2.05, 4.69) is 10.5 Å². The Morgan fingerprint density at radius 3 is 2.80 bits per heavy atom. The van der Waals surface area contributed by atoms with E-state index >= 15 is 0 Å². The first-order valence-electron chi connectivity index (χ1n) is 8.26. The Hall–Kier alpha value is -2.21. The van der Waals surface area contributed by atoms with E-state index in [4.69, 9.17) is 25.6 Å². The van der Waals surface area contributed by atoms with Crippen LogP contribution in [0.2, 0.25) is 5.02 Å². The summed E-state index contributed by atoms with van der Waals surface area (Å²) in [6.07, 6.45) is 0.649. The molecule has 3 rings (SSSR count). The molecule has 1 atom stereocenters. The minimum atomic E-state index is -0.310. The third kappa shape index (κ3) is 3.74. The Balaban J connectivity index is 1.59. The van der Waals surface area contributed by atoms with Crippen LogP contribution >= 0.6 is 11.6 Å². The van der Waals surface area contributed by atoms with E-state index in [0.717, 1.165) is 16.8 Å². The second-order valence-corrected chi connectivity index (χ2v) is 6.51. The molecule has 25 heavy (non-hydrogen) atoms. The first kappa shape index (κ1) is 17.6. The average molecular weight is 365 g/mol. The zero-order valence-electron chi connectivity index (χ0n) is 14.5. The Kier molecular flexibility index (Phi) is 5.18. The van der Waals surface area contributed by atoms with Crippen molar-refractivity contribution in [2.45, 2.75) is 33.1 Å². The molecule has 0 saturated carbocycles. The van der Waals surface area contributed by atoms with Crippen LogP contribution in [0.3, 0.4) is 0 Å². The molecule has 1 aromatic carbocycles. The highest BCUT2D eigenvalue weighted by Gasteiger charge is 2.22. The molecule has 0 radical (unpaired) electrons. The molecule has 1 amide bonds. The summed E-state index contributed by atoms with van der Waals surface area (Å²) in [4.78, 5) is 12.4. The summed E-state index contributed by atoms with van der Waals surface area (Å²) in [6, 6.07) is 3.75. The number of hydrogen-bond acceptors (Lipinski definition) is 5. The summed E-state index contributed by atoms with van der Waals surface area (Å²) < 4.78 is 16.2. The average Bonchev–Trinajstić information content (AvgIpc) is 2.93. The van der Waals surface area contributed by atoms with Crippen LogP contribution in [0.4, 0.5) is 0 Å². The Morgan fingerprint density at radius 1 is 1.32 bits per heavy atom. The van der Waals surface area contributed by atoms with Crippen molar-refractivity contribution in [3.8, 4) is 11.5 Å². The Bertz CT molecular complexity index is 768. The highest BCUT2D eigenvalue weighted by atomic mass is 35.5. The molecule has 0 saturated heterocycles. The lowest BCUT2D eigenvalue weighted by Gasteiger charge is -2.20. The van der Waals surface area contributed by atoms with E-state index in [0.29, 0.717) is 48.5 Å². The van der Waals surface area contributed by atoms with Crippen molar-refractivity contribution < 1.29 is 18.8 Å². The van der Waals surface area contributed by atoms with Crippen LogP contribution < -0.4 is 14.8 Å². The molecule has 0 fully saturated rings. The smallest absolute Gasteiger partial charge is 0.227 e. The molecule has 1 aromatic heterocycles. The van der Waals surface area contributed by atoms with E-state index in [1.165, 1.54) is 0 Å². The number of hydrogen-bond donors (Lipinski definition) is 1. The van der Waals surface area contributed by atoms with Crippen molar-refractivity contribution >= 4 is 17.5 Å². The number of halogens is 1. The maximum atomic E-state index is 12.4. The van der Waals surface area contributed by atoms with Gasteiger partial charge in [-0.15, -0.1) is 0 Å². The quantitative estimate of drug-likeness (QED) is 0.882. The molecule has 0 aliphatic carbocycles. The summed E-state index contributed by atoms with van der Waals surface area (Å²) in [7, 11) is 0. The van der Waals surface area contributed by atoms with E-state index in [1.807, 2.05) is 32.9 Å². The van der Waals surface area contributed by atoms with Gasteiger partial charge >= 0.3 is 0 Å². The zero-order chi connectivity index (χ0) is 18.0. The maximum absolute atomic E-state index is 12.4. The standard InChI is InChI=1S/C18H21ClN2O4/c1-10(16-11(2)21-25-12(16)3)18(22)20-5-4-13-8-14(19)17-15(9-13)23-6-7-24-17/h8-10H,4-7H2,1-3H3,(H,20,22)/t10-/m1/s1. The summed E-state index contributed by atoms with van der Waals surface area (Å²) in [6.45, 7) is 7.02. The number of carbonyl (C=O) groups is 1. The molecule has 2 heterocycles. The molecule has 1 aliphatic rings. The summed E-state index contributed by atoms with van der Waals surface area (Å²) in [5, 5.41) is 7.38. The molecule has 1 N–H and O–H groups in total. The normalized spacial score (nSPS) is 14.2. The van der Waals surface area contributed by atoms with Crippen molar-refractivity contribution in [2.75, 3.05) is 19.8 Å². The third-order valence-electron chi connectivity index (χ3n) is 4.28. The van der Waals surface area contributed by atoms with Gasteiger partial charge in [0.15, 0.2) is 11.5 Å². The van der Waals surface area contributed by atoms with Crippen LogP contribution in [0.1, 0.15) is 35.4 Å². The van der Waals surface area contributed by atoms with E-state index in [9.17, 15) is 4.79 Å². The highest BCUT2D eigenvalue weighted by Crippen LogP contribution is 2.38. The van der Waals surface area contributed by atoms with Gasteiger partial charge in [-0.3, -0.25) is 4.79 Å². The van der Waals surface area contributed by atoms with Gasteiger partial charge in [0.2, 0.25) is 5.91 Å². The lowest BCUT2D eigenvalue weighted by atomic mass is 9.98. The number of rotatable bonds is 5. The zero-order valence-corrected chi connectivity index (χ0v) is 15.3. The van der Waals surface area contributed by atoms with Gasteiger partial charge in [0.1, 0.15) is 19.0 Å².